The van der Waals surface area contributed by atoms with E-state index < -0.39 is 0 Å². The number of amides is 1. The summed E-state index contributed by atoms with van der Waals surface area (Å²) in [7, 11) is 0. The summed E-state index contributed by atoms with van der Waals surface area (Å²) in [6, 6.07) is 12.2. The molecule has 0 unspecified atom stereocenters. The molecule has 2 N–H and O–H groups in total. The quantitative estimate of drug-likeness (QED) is 0.618. The van der Waals surface area contributed by atoms with Gasteiger partial charge in [-0.15, -0.1) is 23.7 Å². The molecule has 0 radical (unpaired) electrons. The number of hydrogen-bond acceptors (Lipinski definition) is 4. The number of hydrogen-bond donors (Lipinski definition) is 1. The van der Waals surface area contributed by atoms with Gasteiger partial charge in [0.25, 0.3) is 5.91 Å². The molecule has 1 amide bonds. The Balaban J connectivity index is 0.00000261. The van der Waals surface area contributed by atoms with Gasteiger partial charge >= 0.3 is 0 Å². The second kappa shape index (κ2) is 9.17. The number of thiophene rings is 1. The normalized spacial score (nSPS) is 10.7. The maximum absolute atomic E-state index is 13.4. The SMILES string of the molecule is CC(C)N(Cc1ccc(-c2cccc(F)c2)s1)C(=O)c1coc(CN)c1.Cl. The van der Waals surface area contributed by atoms with Crippen LogP contribution in [0.5, 0.6) is 0 Å². The number of nitrogens with two attached hydrogens (primary N) is 1. The zero-order chi connectivity index (χ0) is 18.7. The number of nitrogens with zero attached hydrogens (tertiary/aromatic N) is 1. The van der Waals surface area contributed by atoms with Crippen molar-refractivity contribution in [1.29, 1.82) is 0 Å². The number of rotatable bonds is 6. The lowest BCUT2D eigenvalue weighted by molar-refractivity contribution is 0.0691. The fourth-order valence-corrected chi connectivity index (χ4v) is 3.69. The lowest BCUT2D eigenvalue weighted by atomic mass is 10.2. The lowest BCUT2D eigenvalue weighted by Crippen LogP contribution is -2.35. The van der Waals surface area contributed by atoms with Gasteiger partial charge in [0, 0.05) is 15.8 Å². The molecule has 3 rings (SSSR count). The Morgan fingerprint density at radius 2 is 2.04 bits per heavy atom. The standard InChI is InChI=1S/C20H21FN2O2S.ClH/c1-13(2)23(20(24)15-9-17(10-22)25-12-15)11-18-6-7-19(26-18)14-4-3-5-16(21)8-14;/h3-9,12-13H,10-11,22H2,1-2H3;1H. The molecule has 0 aliphatic rings. The van der Waals surface area contributed by atoms with Gasteiger partial charge in [0.05, 0.1) is 18.7 Å². The van der Waals surface area contributed by atoms with Crippen molar-refractivity contribution in [2.75, 3.05) is 0 Å². The van der Waals surface area contributed by atoms with Gasteiger partial charge in [0.1, 0.15) is 17.8 Å². The summed E-state index contributed by atoms with van der Waals surface area (Å²) in [6.45, 7) is 4.70. The van der Waals surface area contributed by atoms with Crippen molar-refractivity contribution in [1.82, 2.24) is 4.90 Å². The lowest BCUT2D eigenvalue weighted by Gasteiger charge is -2.25. The van der Waals surface area contributed by atoms with Crippen molar-refractivity contribution in [2.24, 2.45) is 5.73 Å². The number of furan rings is 1. The zero-order valence-corrected chi connectivity index (χ0v) is 16.8. The number of carbonyl (C=O) groups excluding carboxylic acids is 1. The van der Waals surface area contributed by atoms with Crippen LogP contribution in [-0.2, 0) is 13.1 Å². The minimum atomic E-state index is -0.257. The molecule has 0 saturated carbocycles. The average molecular weight is 409 g/mol. The first-order valence-electron chi connectivity index (χ1n) is 8.41. The molecule has 2 heterocycles. The second-order valence-corrected chi connectivity index (χ2v) is 7.48. The van der Waals surface area contributed by atoms with E-state index in [-0.39, 0.29) is 36.7 Å². The Morgan fingerprint density at radius 1 is 1.26 bits per heavy atom. The first kappa shape index (κ1) is 21.2. The maximum atomic E-state index is 13.4. The average Bonchev–Trinajstić information content (AvgIpc) is 3.28. The van der Waals surface area contributed by atoms with E-state index in [1.807, 2.05) is 32.0 Å². The minimum Gasteiger partial charge on any atom is -0.467 e. The predicted octanol–water partition coefficient (Wildman–Crippen LogP) is 5.08. The highest BCUT2D eigenvalue weighted by molar-refractivity contribution is 7.15. The summed E-state index contributed by atoms with van der Waals surface area (Å²) in [5.74, 6) is 0.234. The van der Waals surface area contributed by atoms with E-state index in [2.05, 4.69) is 0 Å². The molecule has 3 aromatic rings. The minimum absolute atomic E-state index is 0. The van der Waals surface area contributed by atoms with E-state index in [0.717, 1.165) is 15.3 Å². The third-order valence-corrected chi connectivity index (χ3v) is 5.20. The molecule has 7 heteroatoms. The fourth-order valence-electron chi connectivity index (χ4n) is 2.68. The number of carbonyl (C=O) groups is 1. The summed E-state index contributed by atoms with van der Waals surface area (Å²) in [5, 5.41) is 0. The van der Waals surface area contributed by atoms with Crippen LogP contribution < -0.4 is 5.73 Å². The van der Waals surface area contributed by atoms with Crippen molar-refractivity contribution in [3.63, 3.8) is 0 Å². The van der Waals surface area contributed by atoms with E-state index in [0.29, 0.717) is 17.9 Å². The highest BCUT2D eigenvalue weighted by Crippen LogP contribution is 2.30. The number of halogens is 2. The summed E-state index contributed by atoms with van der Waals surface area (Å²) in [5.41, 5.74) is 6.89. The Morgan fingerprint density at radius 3 is 2.67 bits per heavy atom. The molecule has 0 atom stereocenters. The van der Waals surface area contributed by atoms with Crippen LogP contribution in [0.25, 0.3) is 10.4 Å². The van der Waals surface area contributed by atoms with Crippen molar-refractivity contribution in [2.45, 2.75) is 33.0 Å². The van der Waals surface area contributed by atoms with Crippen molar-refractivity contribution in [3.05, 3.63) is 70.7 Å². The maximum Gasteiger partial charge on any atom is 0.257 e. The van der Waals surface area contributed by atoms with Gasteiger partial charge in [0.2, 0.25) is 0 Å². The van der Waals surface area contributed by atoms with Gasteiger partial charge in [-0.1, -0.05) is 12.1 Å². The van der Waals surface area contributed by atoms with Crippen LogP contribution in [0.15, 0.2) is 53.1 Å². The fraction of sp³-hybridized carbons (Fsp3) is 0.250. The Kier molecular flexibility index (Phi) is 7.18. The molecule has 1 aromatic carbocycles. The third-order valence-electron chi connectivity index (χ3n) is 4.08. The van der Waals surface area contributed by atoms with Gasteiger partial charge in [-0.2, -0.15) is 0 Å². The molecular weight excluding hydrogens is 387 g/mol. The van der Waals surface area contributed by atoms with E-state index in [9.17, 15) is 9.18 Å². The molecule has 0 saturated heterocycles. The van der Waals surface area contributed by atoms with Gasteiger partial charge < -0.3 is 15.1 Å². The molecule has 144 valence electrons. The molecule has 0 aliphatic heterocycles. The van der Waals surface area contributed by atoms with Crippen LogP contribution in [0.4, 0.5) is 4.39 Å². The van der Waals surface area contributed by atoms with Crippen LogP contribution in [-0.4, -0.2) is 16.8 Å². The summed E-state index contributed by atoms with van der Waals surface area (Å²) >= 11 is 1.56. The molecule has 0 spiro atoms. The van der Waals surface area contributed by atoms with Gasteiger partial charge in [0.15, 0.2) is 0 Å². The van der Waals surface area contributed by atoms with Crippen LogP contribution in [0.3, 0.4) is 0 Å². The summed E-state index contributed by atoms with van der Waals surface area (Å²) in [6.07, 6.45) is 1.45. The Hall–Kier alpha value is -2.15. The van der Waals surface area contributed by atoms with Crippen LogP contribution in [0, 0.1) is 5.82 Å². The zero-order valence-electron chi connectivity index (χ0n) is 15.1. The van der Waals surface area contributed by atoms with Crippen LogP contribution in [0.1, 0.15) is 34.8 Å². The number of benzene rings is 1. The van der Waals surface area contributed by atoms with Crippen molar-refractivity contribution < 1.29 is 13.6 Å². The van der Waals surface area contributed by atoms with Crippen molar-refractivity contribution in [3.8, 4) is 10.4 Å². The van der Waals surface area contributed by atoms with Gasteiger partial charge in [-0.3, -0.25) is 4.79 Å². The molecule has 4 nitrogen and oxygen atoms in total. The largest absolute Gasteiger partial charge is 0.467 e. The topological polar surface area (TPSA) is 59.5 Å². The van der Waals surface area contributed by atoms with Gasteiger partial charge in [-0.05, 0) is 49.7 Å². The second-order valence-electron chi connectivity index (χ2n) is 6.31. The van der Waals surface area contributed by atoms with Crippen molar-refractivity contribution >= 4 is 29.7 Å². The molecule has 0 bridgehead atoms. The van der Waals surface area contributed by atoms with Crippen LogP contribution >= 0.6 is 23.7 Å². The Labute approximate surface area is 168 Å². The van der Waals surface area contributed by atoms with E-state index in [1.165, 1.54) is 18.4 Å². The molecule has 2 aromatic heterocycles. The highest BCUT2D eigenvalue weighted by atomic mass is 35.5. The summed E-state index contributed by atoms with van der Waals surface area (Å²) in [4.78, 5) is 16.6. The van der Waals surface area contributed by atoms with E-state index >= 15 is 0 Å². The monoisotopic (exact) mass is 408 g/mol. The highest BCUT2D eigenvalue weighted by Gasteiger charge is 2.21. The molecule has 0 fully saturated rings. The third kappa shape index (κ3) is 4.97. The molecule has 27 heavy (non-hydrogen) atoms. The summed E-state index contributed by atoms with van der Waals surface area (Å²) < 4.78 is 18.7. The first-order chi connectivity index (χ1) is 12.5. The Bertz CT molecular complexity index is 907. The smallest absolute Gasteiger partial charge is 0.257 e. The predicted molar refractivity (Wildman–Crippen MR) is 109 cm³/mol. The molecule has 0 aliphatic carbocycles. The first-order valence-corrected chi connectivity index (χ1v) is 9.22. The van der Waals surface area contributed by atoms with Crippen LogP contribution in [0.2, 0.25) is 0 Å². The van der Waals surface area contributed by atoms with E-state index in [1.54, 1.807) is 28.4 Å². The van der Waals surface area contributed by atoms with Gasteiger partial charge in [-0.25, -0.2) is 4.39 Å². The molecular formula is C20H22ClFN2O2S. The van der Waals surface area contributed by atoms with E-state index in [4.69, 9.17) is 10.2 Å².